The Hall–Kier alpha value is -7.02. The molecule has 1 unspecified atom stereocenters. The van der Waals surface area contributed by atoms with Crippen LogP contribution in [0.5, 0.6) is 0 Å². The molecule has 1 heterocycles. The molecule has 1 aliphatic heterocycles. The third-order valence-corrected chi connectivity index (χ3v) is 19.0. The Labute approximate surface area is 734 Å². The van der Waals surface area contributed by atoms with Gasteiger partial charge >= 0.3 is 5.97 Å². The highest BCUT2D eigenvalue weighted by Gasteiger charge is 2.36. The van der Waals surface area contributed by atoms with Gasteiger partial charge in [0.1, 0.15) is 54.7 Å². The number of aliphatic hydroxyl groups is 12. The lowest BCUT2D eigenvalue weighted by Crippen LogP contribution is -2.57. The molecule has 22 N–H and O–H groups in total. The maximum atomic E-state index is 14.1. The number of carbonyl (C=O) groups excluding carboxylic acids is 9. The highest BCUT2D eigenvalue weighted by molar-refractivity contribution is 6.12. The molecule has 0 aliphatic carbocycles. The molecule has 1 aromatic rings. The van der Waals surface area contributed by atoms with Gasteiger partial charge in [-0.2, -0.15) is 0 Å². The third-order valence-electron chi connectivity index (χ3n) is 19.0. The number of aliphatic hydroxyl groups excluding tert-OH is 12. The van der Waals surface area contributed by atoms with E-state index >= 15 is 0 Å². The number of unbranched alkanes of at least 4 members (excludes halogenated alkanes) is 3. The van der Waals surface area contributed by atoms with Crippen molar-refractivity contribution < 1.29 is 171 Å². The zero-order valence-electron chi connectivity index (χ0n) is 72.5. The van der Waals surface area contributed by atoms with Crippen LogP contribution in [0.3, 0.4) is 0 Å². The van der Waals surface area contributed by atoms with Crippen LogP contribution in [0.25, 0.3) is 0 Å². The third kappa shape index (κ3) is 55.8. The lowest BCUT2D eigenvalue weighted by atomic mass is 10.0. The van der Waals surface area contributed by atoms with Gasteiger partial charge < -0.3 is 155 Å². The number of anilines is 1. The summed E-state index contributed by atoms with van der Waals surface area (Å²) >= 11 is 0. The van der Waals surface area contributed by atoms with Crippen molar-refractivity contribution in [3.05, 3.63) is 42.0 Å². The Morgan fingerprint density at radius 2 is 0.841 bits per heavy atom. The fourth-order valence-corrected chi connectivity index (χ4v) is 11.8. The first-order chi connectivity index (χ1) is 60.5. The summed E-state index contributed by atoms with van der Waals surface area (Å²) in [5, 5.41) is 146. The Kier molecular flexibility index (Phi) is 66.4. The smallest absolute Gasteiger partial charge is 0.305 e. The zero-order chi connectivity index (χ0) is 93.1. The van der Waals surface area contributed by atoms with Crippen LogP contribution in [-0.4, -0.2) is 426 Å². The highest BCUT2D eigenvalue weighted by atomic mass is 16.6. The number of Topliss-reactive ketones (excluding diaryl/α,β-unsaturated/α-hetero) is 1. The second-order valence-corrected chi connectivity index (χ2v) is 29.6. The molecule has 0 radical (unpaired) electrons. The molecule has 0 saturated carbocycles. The molecule has 0 spiro atoms. The topological polar surface area (TPSA) is 661 Å². The average molecular weight is 1820 g/mol. The van der Waals surface area contributed by atoms with E-state index in [1.54, 1.807) is 38.1 Å². The Bertz CT molecular complexity index is 3090. The minimum atomic E-state index is -1.92. The number of hydrogen-bond acceptors (Lipinski definition) is 37. The first-order valence-corrected chi connectivity index (χ1v) is 42.8. The number of ketones is 1. The lowest BCUT2D eigenvalue weighted by molar-refractivity contribution is -0.140. The van der Waals surface area contributed by atoms with Crippen LogP contribution in [0, 0.1) is 5.92 Å². The van der Waals surface area contributed by atoms with Crippen molar-refractivity contribution in [1.29, 1.82) is 0 Å². The van der Waals surface area contributed by atoms with E-state index in [0.717, 1.165) is 4.90 Å². The summed E-state index contributed by atoms with van der Waals surface area (Å²) in [6, 6.07) is 1.88. The van der Waals surface area contributed by atoms with Gasteiger partial charge in [0, 0.05) is 82.9 Å². The molecular formula is C81H142N10O35. The molecule has 0 bridgehead atoms. The predicted molar refractivity (Wildman–Crippen MR) is 446 cm³/mol. The molecule has 2 rings (SSSR count). The summed E-state index contributed by atoms with van der Waals surface area (Å²) in [5.74, 6) is -6.14. The van der Waals surface area contributed by atoms with E-state index in [-0.39, 0.29) is 203 Å². The van der Waals surface area contributed by atoms with Crippen LogP contribution in [0.4, 0.5) is 5.69 Å². The van der Waals surface area contributed by atoms with Crippen molar-refractivity contribution in [1.82, 2.24) is 41.7 Å². The lowest BCUT2D eigenvalue weighted by Gasteiger charge is -2.33. The quantitative estimate of drug-likeness (QED) is 0.0164. The van der Waals surface area contributed by atoms with E-state index in [4.69, 9.17) is 72.8 Å². The highest BCUT2D eigenvalue weighted by Crippen LogP contribution is 2.17. The monoisotopic (exact) mass is 1810 g/mol. The molecule has 726 valence electrons. The van der Waals surface area contributed by atoms with Crippen LogP contribution in [0.15, 0.2) is 36.4 Å². The normalized spacial score (nSPS) is 15.4. The summed E-state index contributed by atoms with van der Waals surface area (Å²) in [6.45, 7) is 6.47. The van der Waals surface area contributed by atoms with Crippen LogP contribution < -0.4 is 43.0 Å². The Balaban J connectivity index is 1.53. The van der Waals surface area contributed by atoms with Gasteiger partial charge in [-0.25, -0.2) is 0 Å². The number of rotatable bonds is 84. The van der Waals surface area contributed by atoms with Gasteiger partial charge in [0.2, 0.25) is 35.4 Å². The van der Waals surface area contributed by atoms with Crippen molar-refractivity contribution in [2.75, 3.05) is 216 Å². The second-order valence-electron chi connectivity index (χ2n) is 29.6. The number of amides is 8. The van der Waals surface area contributed by atoms with Gasteiger partial charge in [-0.05, 0) is 81.5 Å². The van der Waals surface area contributed by atoms with Gasteiger partial charge in [-0.15, -0.1) is 0 Å². The molecule has 45 heteroatoms. The molecule has 13 atom stereocenters. The summed E-state index contributed by atoms with van der Waals surface area (Å²) in [7, 11) is 0. The number of nitrogens with two attached hydrogens (primary N) is 1. The summed E-state index contributed by atoms with van der Waals surface area (Å²) < 4.78 is 66.1. The van der Waals surface area contributed by atoms with Crippen molar-refractivity contribution >= 4 is 64.7 Å². The molecule has 0 fully saturated rings. The number of ether oxygens (including phenoxy) is 12. The van der Waals surface area contributed by atoms with Crippen LogP contribution in [0.2, 0.25) is 0 Å². The van der Waals surface area contributed by atoms with Crippen LogP contribution in [0.1, 0.15) is 109 Å². The van der Waals surface area contributed by atoms with Crippen LogP contribution in [-0.2, 0) is 111 Å². The fraction of sp³-hybridized carbons (Fsp3) is 0.778. The number of carboxylic acid groups (broad SMARTS) is 1. The van der Waals surface area contributed by atoms with E-state index in [1.807, 2.05) is 0 Å². The summed E-state index contributed by atoms with van der Waals surface area (Å²) in [4.78, 5) is 131. The number of hydrogen-bond donors (Lipinski definition) is 21. The number of imide groups is 1. The van der Waals surface area contributed by atoms with Gasteiger partial charge in [0.05, 0.1) is 196 Å². The largest absolute Gasteiger partial charge is 0.481 e. The molecule has 126 heavy (non-hydrogen) atoms. The van der Waals surface area contributed by atoms with Crippen molar-refractivity contribution in [2.45, 2.75) is 190 Å². The zero-order valence-corrected chi connectivity index (χ0v) is 72.5. The molecule has 1 aliphatic rings. The predicted octanol–water partition coefficient (Wildman–Crippen LogP) is -6.93. The second kappa shape index (κ2) is 72.7. The standard InChI is InChI=1S/C81H142N10O35/c1-56(2)73(80(113)88-60(11-8-23-84-81(82)114)78(111)85-58-16-14-57(53-92)15-17-58)89-79(112)59(86-68(101)13-4-3-7-24-91-70(103)18-19-71(91)104)10-5-6-22-83-67(100)20-27-116-31-35-120-39-43-124-47-46-123-42-38-119-34-30-115-26-9-12-62(95)61(50-72(105)106)87-69(102)21-28-117-32-36-121-40-44-125-48-49-126-45-41-122-37-33-118-29-25-90(51-63(96)74(107)76(109)65(98)54-93)52-64(97)75(108)77(110)66(99)55-94/h14-19,56,59-61,63-66,73-77,81,84,92-94,96-99,107-110,114H,3-13,20-55,82H2,1-2H3,(H,83,100)(H,85,111)(H,86,101)(H,87,102)(H,88,113)(H,89,112)(H,105,106)/t59-,60-,61-,63-,64-,65+,66+,73-,74+,75+,76+,77+,81?/m0/s1. The SMILES string of the molecule is CC(C)[C@H](NC(=O)[C@H](CCCCNC(=O)CCOCCOCCOCCOCCOCCOCCCC(=O)[C@H](CC(=O)O)NC(=O)CCOCCOCCOCCOCCOCCOCCN(C[C@H](O)[C@@H](O)[C@H](O)[C@H](O)CO)C[C@H](O)[C@@H](O)[C@H](O)[C@H](O)CO)NC(=O)CCCCCN1C(=O)C=CC1=O)C(=O)N[C@@H](CCCNC(N)O)C(=O)Nc1ccc(CO)cc1. The number of nitrogens with zero attached hydrogens (tertiary/aromatic N) is 2. The molecule has 1 aromatic carbocycles. The van der Waals surface area contributed by atoms with Gasteiger partial charge in [-0.1, -0.05) is 32.4 Å². The van der Waals surface area contributed by atoms with Gasteiger partial charge in [0.25, 0.3) is 11.8 Å². The maximum Gasteiger partial charge on any atom is 0.305 e. The van der Waals surface area contributed by atoms with E-state index in [0.29, 0.717) is 89.4 Å². The Morgan fingerprint density at radius 1 is 0.421 bits per heavy atom. The first kappa shape index (κ1) is 115. The number of carboxylic acids is 1. The molecule has 0 aromatic heterocycles. The number of carbonyl (C=O) groups is 10. The first-order valence-electron chi connectivity index (χ1n) is 42.8. The fourth-order valence-electron chi connectivity index (χ4n) is 11.8. The van der Waals surface area contributed by atoms with Gasteiger partial charge in [-0.3, -0.25) is 68.8 Å². The van der Waals surface area contributed by atoms with Crippen molar-refractivity contribution in [3.8, 4) is 0 Å². The Morgan fingerprint density at radius 3 is 1.29 bits per heavy atom. The summed E-state index contributed by atoms with van der Waals surface area (Å²) in [5.41, 5.74) is 6.44. The van der Waals surface area contributed by atoms with Crippen molar-refractivity contribution in [3.63, 3.8) is 0 Å². The molecule has 45 nitrogen and oxygen atoms in total. The summed E-state index contributed by atoms with van der Waals surface area (Å²) in [6.07, 6.45) is -11.1. The number of aliphatic carboxylic acids is 1. The minimum absolute atomic E-state index is 0.00350. The maximum absolute atomic E-state index is 14.1. The van der Waals surface area contributed by atoms with E-state index in [9.17, 15) is 104 Å². The van der Waals surface area contributed by atoms with Crippen LogP contribution >= 0.6 is 0 Å². The minimum Gasteiger partial charge on any atom is -0.481 e. The average Bonchev–Trinajstić information content (AvgIpc) is 1.83. The molecule has 8 amide bonds. The van der Waals surface area contributed by atoms with Crippen molar-refractivity contribution in [2.24, 2.45) is 11.7 Å². The van der Waals surface area contributed by atoms with E-state index < -0.39 is 171 Å². The molecular weight excluding hydrogens is 1670 g/mol. The number of nitrogens with one attached hydrogen (secondary N) is 7. The number of benzene rings is 1. The van der Waals surface area contributed by atoms with E-state index in [2.05, 4.69) is 37.2 Å². The van der Waals surface area contributed by atoms with Gasteiger partial charge in [0.15, 0.2) is 12.1 Å². The molecule has 0 saturated heterocycles. The van der Waals surface area contributed by atoms with E-state index in [1.165, 1.54) is 17.1 Å².